The molecule has 1 saturated heterocycles. The predicted octanol–water partition coefficient (Wildman–Crippen LogP) is 4.93. The van der Waals surface area contributed by atoms with Crippen LogP contribution in [0.2, 0.25) is 0 Å². The quantitative estimate of drug-likeness (QED) is 0.200. The molecule has 4 aliphatic rings. The fraction of sp³-hybridized carbons (Fsp3) is 0.667. The Kier molecular flexibility index (Phi) is 13.0. The van der Waals surface area contributed by atoms with E-state index in [2.05, 4.69) is 50.2 Å². The number of carbonyl (C=O) groups excluding carboxylic acids is 2. The number of aliphatic hydroxyl groups excluding tert-OH is 2. The van der Waals surface area contributed by atoms with Gasteiger partial charge in [0.1, 0.15) is 23.7 Å². The molecule has 9 atom stereocenters. The second-order valence-electron chi connectivity index (χ2n) is 17.6. The molecule has 2 amide bonds. The minimum Gasteiger partial charge on any atom is -0.496 e. The lowest BCUT2D eigenvalue weighted by atomic mass is 9.45. The highest BCUT2D eigenvalue weighted by Gasteiger charge is 2.57. The number of nitrogens with one attached hydrogen (secondary N) is 2. The van der Waals surface area contributed by atoms with E-state index >= 15 is 4.39 Å². The molecule has 4 N–H and O–H groups in total. The van der Waals surface area contributed by atoms with Gasteiger partial charge in [-0.1, -0.05) is 34.6 Å². The zero-order chi connectivity index (χ0) is 39.8. The zero-order valence-corrected chi connectivity index (χ0v) is 34.1. The van der Waals surface area contributed by atoms with Crippen molar-refractivity contribution in [3.63, 3.8) is 0 Å². The highest BCUT2D eigenvalue weighted by atomic mass is 19.1. The number of benzene rings is 2. The van der Waals surface area contributed by atoms with Crippen LogP contribution in [0.5, 0.6) is 5.75 Å². The Labute approximate surface area is 321 Å². The maximum absolute atomic E-state index is 16.0. The number of likely N-dealkylation sites (N-methyl/N-ethyl adjacent to an activating group) is 1. The molecule has 0 radical (unpaired) electrons. The van der Waals surface area contributed by atoms with Crippen molar-refractivity contribution in [2.75, 3.05) is 53.4 Å². The van der Waals surface area contributed by atoms with Crippen LogP contribution >= 0.6 is 0 Å². The minimum absolute atomic E-state index is 0.0348. The third-order valence-electron chi connectivity index (χ3n) is 12.5. The Hall–Kier alpha value is -3.29. The average Bonchev–Trinajstić information content (AvgIpc) is 3.47. The molecule has 2 bridgehead atoms. The topological polar surface area (TPSA) is 127 Å². The van der Waals surface area contributed by atoms with Gasteiger partial charge in [-0.15, -0.1) is 0 Å². The number of hydrogen-bond acceptors (Lipinski definition) is 9. The van der Waals surface area contributed by atoms with E-state index in [1.807, 2.05) is 45.2 Å². The van der Waals surface area contributed by atoms with Crippen molar-refractivity contribution in [1.82, 2.24) is 20.6 Å². The van der Waals surface area contributed by atoms with Crippen molar-refractivity contribution in [2.45, 2.75) is 97.7 Å². The van der Waals surface area contributed by atoms with Gasteiger partial charge in [-0.05, 0) is 105 Å². The molecule has 12 heteroatoms. The van der Waals surface area contributed by atoms with Crippen LogP contribution in [-0.2, 0) is 16.2 Å². The van der Waals surface area contributed by atoms with Crippen molar-refractivity contribution in [2.24, 2.45) is 35.0 Å². The van der Waals surface area contributed by atoms with Crippen molar-refractivity contribution >= 4 is 17.5 Å². The van der Waals surface area contributed by atoms with Gasteiger partial charge < -0.3 is 35.4 Å². The normalized spacial score (nSPS) is 27.4. The van der Waals surface area contributed by atoms with E-state index in [0.29, 0.717) is 41.0 Å². The summed E-state index contributed by atoms with van der Waals surface area (Å²) in [7, 11) is 9.22. The molecule has 54 heavy (non-hydrogen) atoms. The van der Waals surface area contributed by atoms with Crippen LogP contribution < -0.4 is 20.3 Å². The Bertz CT molecular complexity index is 1640. The lowest BCUT2D eigenvalue weighted by molar-refractivity contribution is -0.183. The van der Waals surface area contributed by atoms with Crippen molar-refractivity contribution < 1.29 is 33.8 Å². The Balaban J connectivity index is 1.48. The first kappa shape index (κ1) is 41.9. The molecule has 0 spiro atoms. The number of hydroxylamine groups is 2. The number of halogens is 1. The van der Waals surface area contributed by atoms with E-state index in [1.54, 1.807) is 19.1 Å². The monoisotopic (exact) mass is 753 g/mol. The number of carbonyl (C=O) groups is 2. The van der Waals surface area contributed by atoms with Gasteiger partial charge >= 0.3 is 0 Å². The van der Waals surface area contributed by atoms with E-state index in [1.165, 1.54) is 18.2 Å². The first-order valence-corrected chi connectivity index (χ1v) is 19.5. The number of hydrogen-bond donors (Lipinski definition) is 4. The first-order valence-electron chi connectivity index (χ1n) is 19.5. The smallest absolute Gasteiger partial charge is 0.251 e. The summed E-state index contributed by atoms with van der Waals surface area (Å²) in [6.45, 7) is 12.7. The molecule has 1 unspecified atom stereocenters. The largest absolute Gasteiger partial charge is 0.496 e. The standard InChI is InChI=1S/C42H64FN5O6/c1-23(2)14-29(20-46(7)8)44-40(51)27-15-26(16-30(17-27)47(9)10)31-12-13-34(43)32(39(31)53-11)21-48-38(37(25(4)50)36(22-49)54-48)41(52)45-35-19-28-18-33(24(35)3)42(28,5)6/h12-13,15-17,23-25,28-29,33,35-38,49-50H,14,18-22H2,1-11H3,(H,44,51)(H,45,52)/t24-,25-,28+,29-,33-,35?,36-,37-,38-/m0/s1. The van der Waals surface area contributed by atoms with Crippen LogP contribution in [0.3, 0.4) is 0 Å². The van der Waals surface area contributed by atoms with Gasteiger partial charge in [-0.25, -0.2) is 4.39 Å². The van der Waals surface area contributed by atoms with E-state index in [0.717, 1.165) is 24.9 Å². The van der Waals surface area contributed by atoms with Crippen LogP contribution in [-0.4, -0.2) is 111 Å². The Morgan fingerprint density at radius 2 is 1.81 bits per heavy atom. The maximum atomic E-state index is 16.0. The van der Waals surface area contributed by atoms with Gasteiger partial charge in [0, 0.05) is 61.0 Å². The van der Waals surface area contributed by atoms with E-state index in [4.69, 9.17) is 9.57 Å². The van der Waals surface area contributed by atoms with Gasteiger partial charge in [0.05, 0.1) is 26.4 Å². The lowest BCUT2D eigenvalue weighted by Gasteiger charge is -2.62. The summed E-state index contributed by atoms with van der Waals surface area (Å²) in [4.78, 5) is 38.2. The van der Waals surface area contributed by atoms with Gasteiger partial charge in [0.25, 0.3) is 5.91 Å². The number of aliphatic hydroxyl groups is 2. The molecule has 300 valence electrons. The number of fused-ring (bicyclic) bond motifs is 2. The molecule has 6 rings (SSSR count). The molecule has 11 nitrogen and oxygen atoms in total. The number of rotatable bonds is 15. The highest BCUT2D eigenvalue weighted by molar-refractivity contribution is 5.97. The van der Waals surface area contributed by atoms with Crippen LogP contribution in [0.4, 0.5) is 10.1 Å². The Morgan fingerprint density at radius 3 is 2.37 bits per heavy atom. The number of nitrogens with zero attached hydrogens (tertiary/aromatic N) is 3. The van der Waals surface area contributed by atoms with Crippen molar-refractivity contribution in [3.8, 4) is 16.9 Å². The van der Waals surface area contributed by atoms with Crippen LogP contribution in [0.15, 0.2) is 30.3 Å². The van der Waals surface area contributed by atoms with E-state index in [9.17, 15) is 19.8 Å². The molecule has 2 aromatic rings. The van der Waals surface area contributed by atoms with Crippen LogP contribution in [0.25, 0.3) is 11.1 Å². The van der Waals surface area contributed by atoms with Gasteiger partial charge in [0.15, 0.2) is 0 Å². The maximum Gasteiger partial charge on any atom is 0.251 e. The summed E-state index contributed by atoms with van der Waals surface area (Å²) in [5.74, 6) is 0.0773. The van der Waals surface area contributed by atoms with Crippen LogP contribution in [0.1, 0.15) is 76.7 Å². The average molecular weight is 754 g/mol. The molecular weight excluding hydrogens is 689 g/mol. The molecular formula is C42H64FN5O6. The third kappa shape index (κ3) is 8.58. The first-order chi connectivity index (χ1) is 25.4. The summed E-state index contributed by atoms with van der Waals surface area (Å²) in [5.41, 5.74) is 2.83. The number of anilines is 1. The summed E-state index contributed by atoms with van der Waals surface area (Å²) in [6, 6.07) is 7.44. The molecule has 0 aromatic heterocycles. The second-order valence-corrected chi connectivity index (χ2v) is 17.6. The number of ether oxygens (including phenoxy) is 1. The van der Waals surface area contributed by atoms with E-state index in [-0.39, 0.29) is 53.1 Å². The second kappa shape index (κ2) is 16.8. The molecule has 4 fully saturated rings. The molecule has 1 aliphatic heterocycles. The molecule has 3 aliphatic carbocycles. The Morgan fingerprint density at radius 1 is 1.11 bits per heavy atom. The van der Waals surface area contributed by atoms with Crippen LogP contribution in [0, 0.1) is 40.8 Å². The molecule has 3 saturated carbocycles. The van der Waals surface area contributed by atoms with Crippen molar-refractivity contribution in [1.29, 1.82) is 0 Å². The fourth-order valence-electron chi connectivity index (χ4n) is 9.47. The number of amides is 2. The fourth-order valence-corrected chi connectivity index (χ4v) is 9.47. The zero-order valence-electron chi connectivity index (χ0n) is 34.1. The summed E-state index contributed by atoms with van der Waals surface area (Å²) < 4.78 is 22.0. The molecule has 1 heterocycles. The lowest BCUT2D eigenvalue weighted by Crippen LogP contribution is -2.62. The highest BCUT2D eigenvalue weighted by Crippen LogP contribution is 2.61. The third-order valence-corrected chi connectivity index (χ3v) is 12.5. The van der Waals surface area contributed by atoms with Gasteiger partial charge in [0.2, 0.25) is 5.91 Å². The number of methoxy groups -OCH3 is 1. The summed E-state index contributed by atoms with van der Waals surface area (Å²) in [5, 5.41) is 29.2. The summed E-state index contributed by atoms with van der Waals surface area (Å²) >= 11 is 0. The van der Waals surface area contributed by atoms with Crippen molar-refractivity contribution in [3.05, 3.63) is 47.3 Å². The minimum atomic E-state index is -0.998. The van der Waals surface area contributed by atoms with Gasteiger partial charge in [-0.2, -0.15) is 5.06 Å². The van der Waals surface area contributed by atoms with E-state index < -0.39 is 36.6 Å². The predicted molar refractivity (Wildman–Crippen MR) is 210 cm³/mol. The summed E-state index contributed by atoms with van der Waals surface area (Å²) in [6.07, 6.45) is 0.989. The SMILES string of the molecule is COc1c(-c2cc(C(=O)N[C@@H](CC(C)C)CN(C)C)cc(N(C)C)c2)ccc(F)c1CN1O[C@@H](CO)[C@H]([C@H](C)O)[C@H]1C(=O)NC1C[C@H]2C[C@@H]([C@@H]1C)C2(C)C. The van der Waals surface area contributed by atoms with Gasteiger partial charge in [-0.3, -0.25) is 14.4 Å². The molecule has 2 aromatic carbocycles.